The topological polar surface area (TPSA) is 66.0 Å². The summed E-state index contributed by atoms with van der Waals surface area (Å²) in [4.78, 5) is 0. The molecule has 0 spiro atoms. The number of hydrogen-bond donors (Lipinski definition) is 1. The lowest BCUT2D eigenvalue weighted by atomic mass is 10.2. The van der Waals surface area contributed by atoms with E-state index >= 15 is 0 Å². The fourth-order valence-corrected chi connectivity index (χ4v) is 2.21. The van der Waals surface area contributed by atoms with Crippen LogP contribution in [0.4, 0.5) is 0 Å². The Morgan fingerprint density at radius 2 is 2.06 bits per heavy atom. The van der Waals surface area contributed by atoms with E-state index in [-0.39, 0.29) is 5.60 Å². The fourth-order valence-electron chi connectivity index (χ4n) is 1.38. The molecule has 5 nitrogen and oxygen atoms in total. The Balaban J connectivity index is 2.44. The van der Waals surface area contributed by atoms with Crippen LogP contribution in [0.25, 0.3) is 0 Å². The minimum absolute atomic E-state index is 0.0819. The largest absolute Gasteiger partial charge is 0.375 e. The summed E-state index contributed by atoms with van der Waals surface area (Å²) in [5.74, 6) is 1.71. The molecule has 0 atom stereocenters. The lowest BCUT2D eigenvalue weighted by Crippen LogP contribution is -2.20. The molecule has 0 aliphatic carbocycles. The van der Waals surface area contributed by atoms with Crippen molar-refractivity contribution < 1.29 is 4.74 Å². The summed E-state index contributed by atoms with van der Waals surface area (Å²) in [6.07, 6.45) is 0. The van der Waals surface area contributed by atoms with Crippen LogP contribution in [0.1, 0.15) is 33.5 Å². The SMILES string of the molecule is CCn1c(CN)nnc1SCCOC(C)(C)C. The van der Waals surface area contributed by atoms with Crippen LogP contribution < -0.4 is 5.73 Å². The van der Waals surface area contributed by atoms with Gasteiger partial charge in [0.05, 0.1) is 18.8 Å². The van der Waals surface area contributed by atoms with Crippen LogP contribution in [0.15, 0.2) is 5.16 Å². The first-order valence-corrected chi connectivity index (χ1v) is 6.85. The van der Waals surface area contributed by atoms with Crippen molar-refractivity contribution in [2.24, 2.45) is 5.73 Å². The lowest BCUT2D eigenvalue weighted by molar-refractivity contribution is 0.00692. The monoisotopic (exact) mass is 258 g/mol. The van der Waals surface area contributed by atoms with Crippen LogP contribution in [0.5, 0.6) is 0 Å². The van der Waals surface area contributed by atoms with Crippen molar-refractivity contribution in [3.63, 3.8) is 0 Å². The van der Waals surface area contributed by atoms with Gasteiger partial charge in [-0.05, 0) is 27.7 Å². The summed E-state index contributed by atoms with van der Waals surface area (Å²) in [5.41, 5.74) is 5.51. The van der Waals surface area contributed by atoms with Gasteiger partial charge >= 0.3 is 0 Å². The normalized spacial score (nSPS) is 12.1. The van der Waals surface area contributed by atoms with E-state index in [0.717, 1.165) is 23.3 Å². The number of nitrogens with two attached hydrogens (primary N) is 1. The second kappa shape index (κ2) is 6.37. The zero-order valence-corrected chi connectivity index (χ0v) is 11.9. The van der Waals surface area contributed by atoms with E-state index in [1.807, 2.05) is 4.57 Å². The molecule has 17 heavy (non-hydrogen) atoms. The first-order valence-electron chi connectivity index (χ1n) is 5.87. The number of thioether (sulfide) groups is 1. The number of aromatic nitrogens is 3. The summed E-state index contributed by atoms with van der Waals surface area (Å²) >= 11 is 1.66. The van der Waals surface area contributed by atoms with Crippen LogP contribution in [0, 0.1) is 0 Å². The molecule has 0 bridgehead atoms. The molecule has 0 saturated carbocycles. The van der Waals surface area contributed by atoms with E-state index < -0.39 is 0 Å². The summed E-state index contributed by atoms with van der Waals surface area (Å²) in [7, 11) is 0. The standard InChI is InChI=1S/C11H22N4OS/c1-5-15-9(8-12)13-14-10(15)17-7-6-16-11(2,3)4/h5-8,12H2,1-4H3. The van der Waals surface area contributed by atoms with Crippen LogP contribution in [-0.2, 0) is 17.8 Å². The maximum Gasteiger partial charge on any atom is 0.191 e. The van der Waals surface area contributed by atoms with E-state index in [1.165, 1.54) is 0 Å². The van der Waals surface area contributed by atoms with Crippen molar-refractivity contribution in [3.05, 3.63) is 5.82 Å². The Morgan fingerprint density at radius 1 is 1.35 bits per heavy atom. The minimum Gasteiger partial charge on any atom is -0.375 e. The molecule has 98 valence electrons. The molecule has 0 aliphatic heterocycles. The van der Waals surface area contributed by atoms with Crippen molar-refractivity contribution in [2.45, 2.75) is 51.5 Å². The zero-order chi connectivity index (χ0) is 12.9. The molecule has 0 radical (unpaired) electrons. The van der Waals surface area contributed by atoms with Gasteiger partial charge in [0.2, 0.25) is 0 Å². The Bertz CT molecular complexity index is 346. The lowest BCUT2D eigenvalue weighted by Gasteiger charge is -2.19. The third kappa shape index (κ3) is 4.65. The van der Waals surface area contributed by atoms with E-state index in [4.69, 9.17) is 10.5 Å². The van der Waals surface area contributed by atoms with Gasteiger partial charge in [0.1, 0.15) is 5.82 Å². The van der Waals surface area contributed by atoms with Crippen molar-refractivity contribution in [1.82, 2.24) is 14.8 Å². The highest BCUT2D eigenvalue weighted by molar-refractivity contribution is 7.99. The summed E-state index contributed by atoms with van der Waals surface area (Å²) < 4.78 is 7.70. The molecule has 6 heteroatoms. The van der Waals surface area contributed by atoms with Gasteiger partial charge in [0.15, 0.2) is 5.16 Å². The Morgan fingerprint density at radius 3 is 2.59 bits per heavy atom. The number of hydrogen-bond acceptors (Lipinski definition) is 5. The third-order valence-electron chi connectivity index (χ3n) is 2.14. The van der Waals surface area contributed by atoms with Gasteiger partial charge in [-0.2, -0.15) is 0 Å². The minimum atomic E-state index is -0.0819. The Labute approximate surface area is 107 Å². The predicted molar refractivity (Wildman–Crippen MR) is 70.0 cm³/mol. The van der Waals surface area contributed by atoms with Crippen molar-refractivity contribution in [3.8, 4) is 0 Å². The predicted octanol–water partition coefficient (Wildman–Crippen LogP) is 1.66. The van der Waals surface area contributed by atoms with Gasteiger partial charge in [-0.3, -0.25) is 0 Å². The average molecular weight is 258 g/mol. The maximum atomic E-state index is 5.65. The van der Waals surface area contributed by atoms with E-state index in [9.17, 15) is 0 Å². The van der Waals surface area contributed by atoms with Gasteiger partial charge in [0, 0.05) is 12.3 Å². The molecule has 0 unspecified atom stereocenters. The van der Waals surface area contributed by atoms with Gasteiger partial charge in [-0.15, -0.1) is 10.2 Å². The molecule has 1 aromatic rings. The summed E-state index contributed by atoms with van der Waals surface area (Å²) in [5, 5.41) is 9.11. The second-order valence-electron chi connectivity index (χ2n) is 4.66. The highest BCUT2D eigenvalue weighted by Crippen LogP contribution is 2.17. The molecule has 0 aromatic carbocycles. The average Bonchev–Trinajstić information content (AvgIpc) is 2.65. The van der Waals surface area contributed by atoms with Crippen molar-refractivity contribution in [1.29, 1.82) is 0 Å². The highest BCUT2D eigenvalue weighted by atomic mass is 32.2. The summed E-state index contributed by atoms with van der Waals surface area (Å²) in [6, 6.07) is 0. The molecule has 2 N–H and O–H groups in total. The second-order valence-corrected chi connectivity index (χ2v) is 5.72. The molecule has 0 amide bonds. The molecule has 0 aliphatic rings. The first kappa shape index (κ1) is 14.5. The van der Waals surface area contributed by atoms with Crippen molar-refractivity contribution in [2.75, 3.05) is 12.4 Å². The Kier molecular flexibility index (Phi) is 5.42. The number of nitrogens with zero attached hydrogens (tertiary/aromatic N) is 3. The fraction of sp³-hybridized carbons (Fsp3) is 0.818. The molecule has 0 fully saturated rings. The van der Waals surface area contributed by atoms with E-state index in [0.29, 0.717) is 13.2 Å². The third-order valence-corrected chi connectivity index (χ3v) is 3.07. The highest BCUT2D eigenvalue weighted by Gasteiger charge is 2.12. The smallest absolute Gasteiger partial charge is 0.191 e. The maximum absolute atomic E-state index is 5.65. The van der Waals surface area contributed by atoms with Gasteiger partial charge in [0.25, 0.3) is 0 Å². The molecule has 0 saturated heterocycles. The molecule has 1 aromatic heterocycles. The van der Waals surface area contributed by atoms with E-state index in [2.05, 4.69) is 37.9 Å². The van der Waals surface area contributed by atoms with Gasteiger partial charge in [-0.25, -0.2) is 0 Å². The molecular formula is C11H22N4OS. The Hall–Kier alpha value is -0.590. The van der Waals surface area contributed by atoms with Crippen LogP contribution >= 0.6 is 11.8 Å². The van der Waals surface area contributed by atoms with Crippen LogP contribution in [0.3, 0.4) is 0 Å². The van der Waals surface area contributed by atoms with Crippen molar-refractivity contribution >= 4 is 11.8 Å². The zero-order valence-electron chi connectivity index (χ0n) is 11.1. The number of ether oxygens (including phenoxy) is 1. The molecule has 1 rings (SSSR count). The van der Waals surface area contributed by atoms with Gasteiger partial charge < -0.3 is 15.0 Å². The van der Waals surface area contributed by atoms with Crippen LogP contribution in [0.2, 0.25) is 0 Å². The first-order chi connectivity index (χ1) is 7.98. The van der Waals surface area contributed by atoms with Gasteiger partial charge in [-0.1, -0.05) is 11.8 Å². The summed E-state index contributed by atoms with van der Waals surface area (Å²) in [6.45, 7) is 10.2. The quantitative estimate of drug-likeness (QED) is 0.621. The molecular weight excluding hydrogens is 236 g/mol. The number of rotatable bonds is 6. The van der Waals surface area contributed by atoms with E-state index in [1.54, 1.807) is 11.8 Å². The molecule has 1 heterocycles. The van der Waals surface area contributed by atoms with Crippen LogP contribution in [-0.4, -0.2) is 32.7 Å².